The van der Waals surface area contributed by atoms with Crippen molar-refractivity contribution in [2.75, 3.05) is 6.54 Å². The fraction of sp³-hybridized carbons (Fsp3) is 0.500. The molecule has 2 atom stereocenters. The topological polar surface area (TPSA) is 78.4 Å². The van der Waals surface area contributed by atoms with Crippen molar-refractivity contribution < 1.29 is 14.7 Å². The molecule has 2 amide bonds. The summed E-state index contributed by atoms with van der Waals surface area (Å²) in [6, 6.07) is 7.12. The molecular formula is C16H22N2O3. The number of aliphatic hydroxyl groups is 1. The lowest BCUT2D eigenvalue weighted by Crippen LogP contribution is -2.62. The average Bonchev–Trinajstić information content (AvgIpc) is 2.45. The van der Waals surface area contributed by atoms with Gasteiger partial charge < -0.3 is 15.7 Å². The lowest BCUT2D eigenvalue weighted by molar-refractivity contribution is -0.128. The van der Waals surface area contributed by atoms with Gasteiger partial charge in [-0.15, -0.1) is 0 Å². The highest BCUT2D eigenvalue weighted by molar-refractivity contribution is 5.96. The van der Waals surface area contributed by atoms with Crippen LogP contribution in [0.3, 0.4) is 0 Å². The van der Waals surface area contributed by atoms with Gasteiger partial charge in [-0.25, -0.2) is 0 Å². The Morgan fingerprint density at radius 2 is 1.90 bits per heavy atom. The van der Waals surface area contributed by atoms with E-state index in [1.165, 1.54) is 0 Å². The van der Waals surface area contributed by atoms with Gasteiger partial charge in [0.25, 0.3) is 5.91 Å². The molecule has 0 saturated heterocycles. The Bertz CT molecular complexity index is 537. The number of hydrogen-bond donors (Lipinski definition) is 3. The second kappa shape index (κ2) is 5.85. The Labute approximate surface area is 124 Å². The normalized spacial score (nSPS) is 23.0. The van der Waals surface area contributed by atoms with Crippen LogP contribution in [0.2, 0.25) is 0 Å². The van der Waals surface area contributed by atoms with Crippen molar-refractivity contribution in [3.05, 3.63) is 35.4 Å². The van der Waals surface area contributed by atoms with Crippen LogP contribution in [0.5, 0.6) is 0 Å². The SMILES string of the molecule is Cc1ccc(C(=O)NCC(=O)NC2CC(O)C2(C)C)cc1. The number of rotatable bonds is 4. The average molecular weight is 290 g/mol. The Balaban J connectivity index is 1.79. The van der Waals surface area contributed by atoms with Gasteiger partial charge in [-0.3, -0.25) is 9.59 Å². The van der Waals surface area contributed by atoms with E-state index >= 15 is 0 Å². The molecule has 114 valence electrons. The zero-order valence-electron chi connectivity index (χ0n) is 12.6. The maximum Gasteiger partial charge on any atom is 0.251 e. The minimum Gasteiger partial charge on any atom is -0.392 e. The summed E-state index contributed by atoms with van der Waals surface area (Å²) in [6.45, 7) is 5.72. The van der Waals surface area contributed by atoms with E-state index in [0.29, 0.717) is 12.0 Å². The number of benzene rings is 1. The largest absolute Gasteiger partial charge is 0.392 e. The molecule has 2 rings (SSSR count). The minimum atomic E-state index is -0.384. The second-order valence-electron chi connectivity index (χ2n) is 6.24. The zero-order valence-corrected chi connectivity index (χ0v) is 12.6. The Hall–Kier alpha value is -1.88. The molecule has 5 nitrogen and oxygen atoms in total. The molecular weight excluding hydrogens is 268 g/mol. The van der Waals surface area contributed by atoms with Gasteiger partial charge in [0.2, 0.25) is 5.91 Å². The molecule has 0 bridgehead atoms. The summed E-state index contributed by atoms with van der Waals surface area (Å²) in [5, 5.41) is 15.1. The summed E-state index contributed by atoms with van der Waals surface area (Å²) in [6.07, 6.45) is 0.176. The number of hydrogen-bond acceptors (Lipinski definition) is 3. The highest BCUT2D eigenvalue weighted by Gasteiger charge is 2.47. The molecule has 0 spiro atoms. The molecule has 5 heteroatoms. The molecule has 1 aromatic rings. The summed E-state index contributed by atoms with van der Waals surface area (Å²) in [5.74, 6) is -0.501. The van der Waals surface area contributed by atoms with Crippen LogP contribution in [0.15, 0.2) is 24.3 Å². The van der Waals surface area contributed by atoms with Gasteiger partial charge in [0, 0.05) is 17.0 Å². The van der Waals surface area contributed by atoms with Crippen LogP contribution >= 0.6 is 0 Å². The molecule has 2 unspecified atom stereocenters. The third kappa shape index (κ3) is 3.42. The quantitative estimate of drug-likeness (QED) is 0.774. The van der Waals surface area contributed by atoms with E-state index in [0.717, 1.165) is 5.56 Å². The molecule has 0 radical (unpaired) electrons. The highest BCUT2D eigenvalue weighted by atomic mass is 16.3. The van der Waals surface area contributed by atoms with Crippen LogP contribution in [-0.2, 0) is 4.79 Å². The van der Waals surface area contributed by atoms with E-state index < -0.39 is 0 Å². The fourth-order valence-corrected chi connectivity index (χ4v) is 2.36. The molecule has 1 fully saturated rings. The number of carbonyl (C=O) groups excluding carboxylic acids is 2. The molecule has 0 heterocycles. The van der Waals surface area contributed by atoms with E-state index in [-0.39, 0.29) is 35.9 Å². The van der Waals surface area contributed by atoms with Gasteiger partial charge in [0.05, 0.1) is 12.6 Å². The standard InChI is InChI=1S/C16H22N2O3/c1-10-4-6-11(7-5-10)15(21)17-9-14(20)18-12-8-13(19)16(12,2)3/h4-7,12-13,19H,8-9H2,1-3H3,(H,17,21)(H,18,20). The van der Waals surface area contributed by atoms with Crippen molar-refractivity contribution in [2.45, 2.75) is 39.3 Å². The predicted molar refractivity (Wildman–Crippen MR) is 79.8 cm³/mol. The summed E-state index contributed by atoms with van der Waals surface area (Å²) in [5.41, 5.74) is 1.30. The summed E-state index contributed by atoms with van der Waals surface area (Å²) in [7, 11) is 0. The van der Waals surface area contributed by atoms with Gasteiger partial charge in [-0.1, -0.05) is 31.5 Å². The van der Waals surface area contributed by atoms with Crippen LogP contribution in [0.4, 0.5) is 0 Å². The number of aliphatic hydroxyl groups excluding tert-OH is 1. The van der Waals surface area contributed by atoms with Gasteiger partial charge in [-0.2, -0.15) is 0 Å². The van der Waals surface area contributed by atoms with Crippen molar-refractivity contribution >= 4 is 11.8 Å². The van der Waals surface area contributed by atoms with E-state index in [2.05, 4.69) is 10.6 Å². The first-order valence-electron chi connectivity index (χ1n) is 7.13. The summed E-state index contributed by atoms with van der Waals surface area (Å²) >= 11 is 0. The van der Waals surface area contributed by atoms with Crippen LogP contribution in [0.25, 0.3) is 0 Å². The summed E-state index contributed by atoms with van der Waals surface area (Å²) < 4.78 is 0. The lowest BCUT2D eigenvalue weighted by atomic mass is 9.64. The molecule has 3 N–H and O–H groups in total. The first-order chi connectivity index (χ1) is 9.80. The fourth-order valence-electron chi connectivity index (χ4n) is 2.36. The first kappa shape index (κ1) is 15.5. The molecule has 1 aromatic carbocycles. The second-order valence-corrected chi connectivity index (χ2v) is 6.24. The van der Waals surface area contributed by atoms with Crippen LogP contribution in [0.1, 0.15) is 36.2 Å². The molecule has 21 heavy (non-hydrogen) atoms. The Morgan fingerprint density at radius 1 is 1.29 bits per heavy atom. The third-order valence-electron chi connectivity index (χ3n) is 4.27. The molecule has 1 aliphatic carbocycles. The maximum atomic E-state index is 11.9. The number of carbonyl (C=O) groups is 2. The minimum absolute atomic E-state index is 0.0451. The van der Waals surface area contributed by atoms with Crippen molar-refractivity contribution in [3.63, 3.8) is 0 Å². The molecule has 1 aliphatic rings. The van der Waals surface area contributed by atoms with E-state index in [9.17, 15) is 14.7 Å². The predicted octanol–water partition coefficient (Wildman–Crippen LogP) is 1.00. The highest BCUT2D eigenvalue weighted by Crippen LogP contribution is 2.40. The number of amides is 2. The monoisotopic (exact) mass is 290 g/mol. The van der Waals surface area contributed by atoms with Gasteiger partial charge >= 0.3 is 0 Å². The summed E-state index contributed by atoms with van der Waals surface area (Å²) in [4.78, 5) is 23.7. The van der Waals surface area contributed by atoms with Crippen molar-refractivity contribution in [1.82, 2.24) is 10.6 Å². The number of nitrogens with one attached hydrogen (secondary N) is 2. The molecule has 0 aromatic heterocycles. The van der Waals surface area contributed by atoms with Gasteiger partial charge in [0.1, 0.15) is 0 Å². The van der Waals surface area contributed by atoms with Crippen molar-refractivity contribution in [3.8, 4) is 0 Å². The van der Waals surface area contributed by atoms with E-state index in [1.54, 1.807) is 12.1 Å². The van der Waals surface area contributed by atoms with E-state index in [4.69, 9.17) is 0 Å². The van der Waals surface area contributed by atoms with Crippen LogP contribution < -0.4 is 10.6 Å². The maximum absolute atomic E-state index is 11.9. The lowest BCUT2D eigenvalue weighted by Gasteiger charge is -2.49. The third-order valence-corrected chi connectivity index (χ3v) is 4.27. The van der Waals surface area contributed by atoms with E-state index in [1.807, 2.05) is 32.9 Å². The first-order valence-corrected chi connectivity index (χ1v) is 7.13. The van der Waals surface area contributed by atoms with Crippen LogP contribution in [-0.4, -0.2) is 35.6 Å². The Kier molecular flexibility index (Phi) is 4.32. The van der Waals surface area contributed by atoms with Crippen molar-refractivity contribution in [1.29, 1.82) is 0 Å². The van der Waals surface area contributed by atoms with Crippen molar-refractivity contribution in [2.24, 2.45) is 5.41 Å². The molecule has 1 saturated carbocycles. The zero-order chi connectivity index (χ0) is 15.6. The molecule has 0 aliphatic heterocycles. The Morgan fingerprint density at radius 3 is 2.43 bits per heavy atom. The smallest absolute Gasteiger partial charge is 0.251 e. The van der Waals surface area contributed by atoms with Gasteiger partial charge in [-0.05, 0) is 25.5 Å². The van der Waals surface area contributed by atoms with Gasteiger partial charge in [0.15, 0.2) is 0 Å². The van der Waals surface area contributed by atoms with Crippen LogP contribution in [0, 0.1) is 12.3 Å². The number of aryl methyl sites for hydroxylation is 1.